The third kappa shape index (κ3) is 7.75. The molecule has 4 aromatic carbocycles. The van der Waals surface area contributed by atoms with Gasteiger partial charge in [0.2, 0.25) is 5.95 Å². The van der Waals surface area contributed by atoms with Crippen molar-refractivity contribution >= 4 is 61.5 Å². The molecule has 9 aromatic rings. The molecule has 1 amide bonds. The number of morpholine rings is 2. The Balaban J connectivity index is 0.939. The number of aromatic nitrogens is 7. The monoisotopic (exact) mass is 929 g/mol. The molecule has 2 aliphatic heterocycles. The maximum Gasteiger partial charge on any atom is 0.333 e. The molecule has 11 rings (SSSR count). The molecule has 0 saturated carbocycles. The molecule has 1 N–H and O–H groups in total. The molecule has 7 heterocycles. The van der Waals surface area contributed by atoms with Gasteiger partial charge >= 0.3 is 5.69 Å². The minimum absolute atomic E-state index is 0.0327. The van der Waals surface area contributed by atoms with Crippen LogP contribution in [-0.2, 0) is 21.9 Å². The summed E-state index contributed by atoms with van der Waals surface area (Å²) in [7, 11) is 3.38. The summed E-state index contributed by atoms with van der Waals surface area (Å²) in [6.07, 6.45) is 3.33. The van der Waals surface area contributed by atoms with Crippen LogP contribution in [0.5, 0.6) is 0 Å². The first-order chi connectivity index (χ1) is 33.9. The molecule has 0 spiro atoms. The van der Waals surface area contributed by atoms with Crippen molar-refractivity contribution in [3.8, 4) is 34.1 Å². The Kier molecular flexibility index (Phi) is 11.1. The van der Waals surface area contributed by atoms with E-state index in [1.54, 1.807) is 35.5 Å². The van der Waals surface area contributed by atoms with Crippen molar-refractivity contribution in [1.29, 1.82) is 5.26 Å². The zero-order chi connectivity index (χ0) is 48.4. The number of hydrogen-bond acceptors (Lipinski definition) is 12. The van der Waals surface area contributed by atoms with Gasteiger partial charge in [0.15, 0.2) is 5.65 Å². The second-order valence-corrected chi connectivity index (χ2v) is 18.9. The van der Waals surface area contributed by atoms with Gasteiger partial charge in [0.05, 0.1) is 95.0 Å². The lowest BCUT2D eigenvalue weighted by molar-refractivity contribution is 0.0210. The van der Waals surface area contributed by atoms with Crippen molar-refractivity contribution < 1.29 is 14.3 Å². The molecule has 15 nitrogen and oxygen atoms in total. The SMILES string of the molecule is CNC(=O)c1cccc(-c2ccc3c(N4CCOC[C@@H]4C)nc(N4CC(c5ccc6ncc(-c7ccc8ncc9c(c8c7)n(-c7ccc(C(C)(C)C#N)cc7)c(=O)n9C)cc6c5)OC[C@@H]4C)nc3n2)c1. The number of amides is 1. The normalized spacial score (nSPS) is 17.6. The maximum atomic E-state index is 13.9. The number of nitrogens with one attached hydrogen (secondary N) is 1. The van der Waals surface area contributed by atoms with Crippen LogP contribution in [0.2, 0.25) is 0 Å². The van der Waals surface area contributed by atoms with E-state index in [0.717, 1.165) is 66.3 Å². The summed E-state index contributed by atoms with van der Waals surface area (Å²) in [4.78, 5) is 56.2. The number of carbonyl (C=O) groups excluding carboxylic acids is 1. The highest BCUT2D eigenvalue weighted by Gasteiger charge is 2.32. The average Bonchev–Trinajstić information content (AvgIpc) is 3.66. The van der Waals surface area contributed by atoms with Gasteiger partial charge in [0.25, 0.3) is 5.91 Å². The van der Waals surface area contributed by atoms with E-state index in [1.165, 1.54) is 0 Å². The first-order valence-corrected chi connectivity index (χ1v) is 23.6. The molecule has 2 aliphatic rings. The molecule has 2 saturated heterocycles. The molecule has 70 heavy (non-hydrogen) atoms. The largest absolute Gasteiger partial charge is 0.377 e. The van der Waals surface area contributed by atoms with Crippen LogP contribution >= 0.6 is 0 Å². The van der Waals surface area contributed by atoms with Crippen LogP contribution in [0.1, 0.15) is 55.3 Å². The van der Waals surface area contributed by atoms with Crippen LogP contribution in [0.4, 0.5) is 11.8 Å². The van der Waals surface area contributed by atoms with E-state index in [-0.39, 0.29) is 29.8 Å². The Hall–Kier alpha value is -8.06. The molecule has 2 fully saturated rings. The highest BCUT2D eigenvalue weighted by Crippen LogP contribution is 2.36. The van der Waals surface area contributed by atoms with Gasteiger partial charge in [-0.2, -0.15) is 15.2 Å². The number of hydrogen-bond donors (Lipinski definition) is 1. The van der Waals surface area contributed by atoms with Gasteiger partial charge < -0.3 is 24.6 Å². The number of carbonyl (C=O) groups is 1. The first kappa shape index (κ1) is 44.4. The molecule has 0 bridgehead atoms. The van der Waals surface area contributed by atoms with Crippen molar-refractivity contribution in [2.24, 2.45) is 7.05 Å². The Morgan fingerprint density at radius 1 is 0.814 bits per heavy atom. The molecular formula is C55H51N11O4. The summed E-state index contributed by atoms with van der Waals surface area (Å²) < 4.78 is 15.8. The zero-order valence-corrected chi connectivity index (χ0v) is 39.8. The van der Waals surface area contributed by atoms with Gasteiger partial charge in [-0.05, 0) is 111 Å². The number of rotatable bonds is 8. The number of imidazole rings is 1. The average molecular weight is 930 g/mol. The van der Waals surface area contributed by atoms with E-state index in [9.17, 15) is 14.9 Å². The predicted molar refractivity (Wildman–Crippen MR) is 272 cm³/mol. The van der Waals surface area contributed by atoms with Crippen molar-refractivity contribution in [3.63, 3.8) is 0 Å². The standard InChI is InChI=1S/C55H51N11O4/c1-32-29-69-21-20-64(32)51-42-16-19-45(35-8-7-9-37(22-35)52(67)57-5)60-50(42)61-53(62-51)65-28-48(70-30-33(65)2)36-11-17-44-38(23-36)24-39(26-58-44)34-10-18-46-43(25-34)49-47(27-59-46)63(6)54(68)66(49)41-14-12-40(13-15-41)55(3,4)31-56/h7-19,22-27,32-33,48H,20-21,28-30H2,1-6H3,(H,57,67)/t32-,33-,48?/m0/s1. The summed E-state index contributed by atoms with van der Waals surface area (Å²) >= 11 is 0. The quantitative estimate of drug-likeness (QED) is 0.155. The molecule has 1 unspecified atom stereocenters. The minimum atomic E-state index is -0.666. The van der Waals surface area contributed by atoms with Crippen LogP contribution < -0.4 is 20.8 Å². The first-order valence-electron chi connectivity index (χ1n) is 23.6. The second-order valence-electron chi connectivity index (χ2n) is 18.9. The van der Waals surface area contributed by atoms with Crippen LogP contribution in [0, 0.1) is 11.3 Å². The number of nitrogens with zero attached hydrogens (tertiary/aromatic N) is 10. The summed E-state index contributed by atoms with van der Waals surface area (Å²) in [6, 6.07) is 36.0. The van der Waals surface area contributed by atoms with Crippen LogP contribution in [0.3, 0.4) is 0 Å². The lowest BCUT2D eigenvalue weighted by atomic mass is 9.86. The number of aryl methyl sites for hydroxylation is 1. The van der Waals surface area contributed by atoms with Gasteiger partial charge in [-0.15, -0.1) is 0 Å². The molecule has 0 aliphatic carbocycles. The van der Waals surface area contributed by atoms with Gasteiger partial charge in [-0.1, -0.05) is 36.4 Å². The van der Waals surface area contributed by atoms with E-state index >= 15 is 0 Å². The number of nitriles is 1. The van der Waals surface area contributed by atoms with Gasteiger partial charge in [-0.25, -0.2) is 9.78 Å². The zero-order valence-electron chi connectivity index (χ0n) is 39.8. The van der Waals surface area contributed by atoms with E-state index < -0.39 is 5.41 Å². The molecule has 0 radical (unpaired) electrons. The van der Waals surface area contributed by atoms with Crippen molar-refractivity contribution in [2.75, 3.05) is 49.8 Å². The Morgan fingerprint density at radius 3 is 2.41 bits per heavy atom. The topological polar surface area (TPSA) is 169 Å². The smallest absolute Gasteiger partial charge is 0.333 e. The lowest BCUT2D eigenvalue weighted by Crippen LogP contribution is -2.47. The van der Waals surface area contributed by atoms with Crippen LogP contribution in [-0.4, -0.2) is 92.0 Å². The molecule has 15 heteroatoms. The molecule has 350 valence electrons. The van der Waals surface area contributed by atoms with Crippen LogP contribution in [0.25, 0.3) is 71.9 Å². The second kappa shape index (κ2) is 17.5. The number of ether oxygens (including phenoxy) is 2. The molecule has 3 atom stereocenters. The summed E-state index contributed by atoms with van der Waals surface area (Å²) in [5.74, 6) is 1.21. The lowest BCUT2D eigenvalue weighted by Gasteiger charge is -2.39. The molecule has 5 aromatic heterocycles. The number of benzene rings is 4. The highest BCUT2D eigenvalue weighted by molar-refractivity contribution is 6.05. The third-order valence-corrected chi connectivity index (χ3v) is 13.9. The fraction of sp³-hybridized carbons (Fsp3) is 0.273. The third-order valence-electron chi connectivity index (χ3n) is 13.9. The molecular weight excluding hydrogens is 879 g/mol. The van der Waals surface area contributed by atoms with E-state index in [0.29, 0.717) is 67.0 Å². The van der Waals surface area contributed by atoms with Crippen molar-refractivity contribution in [1.82, 2.24) is 39.4 Å². The van der Waals surface area contributed by atoms with E-state index in [2.05, 4.69) is 59.3 Å². The van der Waals surface area contributed by atoms with Gasteiger partial charge in [0, 0.05) is 54.3 Å². The summed E-state index contributed by atoms with van der Waals surface area (Å²) in [6.45, 7) is 10.8. The Labute approximate surface area is 404 Å². The number of anilines is 2. The number of fused-ring (bicyclic) bond motifs is 5. The predicted octanol–water partition coefficient (Wildman–Crippen LogP) is 8.45. The van der Waals surface area contributed by atoms with Crippen molar-refractivity contribution in [2.45, 2.75) is 51.3 Å². The summed E-state index contributed by atoms with van der Waals surface area (Å²) in [5, 5.41) is 15.1. The number of pyridine rings is 3. The maximum absolute atomic E-state index is 13.9. The van der Waals surface area contributed by atoms with Gasteiger partial charge in [-0.3, -0.25) is 23.9 Å². The van der Waals surface area contributed by atoms with E-state index in [4.69, 9.17) is 34.4 Å². The van der Waals surface area contributed by atoms with Gasteiger partial charge in [0.1, 0.15) is 11.9 Å². The summed E-state index contributed by atoms with van der Waals surface area (Å²) in [5.41, 5.74) is 9.28. The van der Waals surface area contributed by atoms with Crippen molar-refractivity contribution in [3.05, 3.63) is 143 Å². The highest BCUT2D eigenvalue weighted by atomic mass is 16.5. The Bertz CT molecular complexity index is 3650. The van der Waals surface area contributed by atoms with E-state index in [1.807, 2.05) is 92.8 Å². The van der Waals surface area contributed by atoms with Crippen LogP contribution in [0.15, 0.2) is 120 Å². The fourth-order valence-electron chi connectivity index (χ4n) is 9.75. The Morgan fingerprint density at radius 2 is 1.61 bits per heavy atom. The fourth-order valence-corrected chi connectivity index (χ4v) is 9.75. The minimum Gasteiger partial charge on any atom is -0.377 e.